The van der Waals surface area contributed by atoms with Crippen LogP contribution in [0.25, 0.3) is 10.9 Å². The molecule has 4 atom stereocenters. The largest absolute Gasteiger partial charge is 0.771 e. The van der Waals surface area contributed by atoms with Crippen LogP contribution in [0.4, 0.5) is 13.2 Å². The molecular weight excluding hydrogens is 491 g/mol. The van der Waals surface area contributed by atoms with E-state index in [9.17, 15) is 13.2 Å². The minimum absolute atomic E-state index is 0.0802. The predicted octanol–water partition coefficient (Wildman–Crippen LogP) is 4.43. The number of aromatic amines is 1. The van der Waals surface area contributed by atoms with Gasteiger partial charge in [0.05, 0.1) is 18.1 Å². The maximum Gasteiger partial charge on any atom is 0.135 e. The minimum atomic E-state index is -2.48. The van der Waals surface area contributed by atoms with Crippen LogP contribution in [0.15, 0.2) is 36.4 Å². The Morgan fingerprint density at radius 1 is 1.22 bits per heavy atom. The number of likely N-dealkylation sites (tertiary alicyclic amines) is 1. The molecule has 1 N–H and O–H groups in total. The van der Waals surface area contributed by atoms with Crippen molar-refractivity contribution in [1.82, 2.24) is 14.8 Å². The van der Waals surface area contributed by atoms with E-state index in [1.54, 1.807) is 4.90 Å². The third-order valence-electron chi connectivity index (χ3n) is 7.29. The fourth-order valence-corrected chi connectivity index (χ4v) is 6.11. The molecule has 0 spiro atoms. The first-order valence-corrected chi connectivity index (χ1v) is 13.3. The minimum Gasteiger partial charge on any atom is -0.771 e. The van der Waals surface area contributed by atoms with Crippen LogP contribution in [0.3, 0.4) is 0 Å². The van der Waals surface area contributed by atoms with Gasteiger partial charge in [0.1, 0.15) is 23.5 Å². The van der Waals surface area contributed by atoms with Gasteiger partial charge < -0.3 is 14.3 Å². The van der Waals surface area contributed by atoms with Crippen molar-refractivity contribution in [3.05, 3.63) is 64.9 Å². The number of fused-ring (bicyclic) bond motifs is 3. The highest BCUT2D eigenvalue weighted by molar-refractivity contribution is 7.79. The maximum absolute atomic E-state index is 15.7. The first kappa shape index (κ1) is 25.3. The third kappa shape index (κ3) is 4.55. The molecule has 36 heavy (non-hydrogen) atoms. The van der Waals surface area contributed by atoms with E-state index in [2.05, 4.69) is 4.98 Å². The van der Waals surface area contributed by atoms with Crippen molar-refractivity contribution in [3.8, 4) is 5.75 Å². The molecule has 2 aliphatic heterocycles. The Bertz CT molecular complexity index is 1260. The molecule has 2 aromatic carbocycles. The number of H-pyrrole nitrogens is 1. The summed E-state index contributed by atoms with van der Waals surface area (Å²) in [7, 11) is 0. The number of benzene rings is 2. The molecule has 0 amide bonds. The second-order valence-corrected chi connectivity index (χ2v) is 10.9. The topological polar surface area (TPSA) is 71.6 Å². The molecule has 1 aromatic heterocycles. The SMILES string of the molecule is CC(N1[C@H](c2c(F)cc(OC3CN(CCCF)C3)cc2F)c2[nH]c3ccccc3c2C[C@H]1C)S(=O)[O-]. The Hall–Kier alpha value is -2.40. The molecule has 194 valence electrons. The summed E-state index contributed by atoms with van der Waals surface area (Å²) in [5.74, 6) is -1.51. The zero-order valence-corrected chi connectivity index (χ0v) is 21.0. The molecule has 0 radical (unpaired) electrons. The number of alkyl halides is 1. The normalized spacial score (nSPS) is 22.8. The lowest BCUT2D eigenvalue weighted by Gasteiger charge is -2.45. The lowest BCUT2D eigenvalue weighted by Crippen LogP contribution is -2.53. The molecule has 1 saturated heterocycles. The van der Waals surface area contributed by atoms with Gasteiger partial charge in [-0.25, -0.2) is 8.78 Å². The Balaban J connectivity index is 1.51. The molecule has 6 nitrogen and oxygen atoms in total. The molecule has 10 heteroatoms. The average Bonchev–Trinajstić information content (AvgIpc) is 3.17. The molecule has 0 saturated carbocycles. The van der Waals surface area contributed by atoms with Gasteiger partial charge in [0.2, 0.25) is 0 Å². The van der Waals surface area contributed by atoms with Crippen LogP contribution >= 0.6 is 0 Å². The van der Waals surface area contributed by atoms with Gasteiger partial charge in [0, 0.05) is 60.0 Å². The lowest BCUT2D eigenvalue weighted by atomic mass is 9.88. The quantitative estimate of drug-likeness (QED) is 0.445. The first-order valence-electron chi connectivity index (χ1n) is 12.2. The molecule has 2 unspecified atom stereocenters. The van der Waals surface area contributed by atoms with Crippen LogP contribution in [0.5, 0.6) is 5.75 Å². The molecule has 0 aliphatic carbocycles. The fraction of sp³-hybridized carbons (Fsp3) is 0.462. The van der Waals surface area contributed by atoms with E-state index in [0.29, 0.717) is 38.2 Å². The molecule has 3 aromatic rings. The standard InChI is InChI=1S/C26H30F3N3O3S/c1-15-10-20-19-6-3-4-7-23(19)30-25(20)26(32(15)16(2)36(33)34)24-21(28)11-17(12-22(24)29)35-18-13-31(14-18)9-5-8-27/h3-4,6-7,11-12,15-16,18,26,30H,5,8-10,13-14H2,1-2H3,(H,33,34)/p-1/t15-,16?,26-/m1/s1. The van der Waals surface area contributed by atoms with Gasteiger partial charge in [-0.05, 0) is 49.4 Å². The summed E-state index contributed by atoms with van der Waals surface area (Å²) in [6.45, 7) is 4.79. The molecular formula is C26H29F3N3O3S-. The third-order valence-corrected chi connectivity index (χ3v) is 8.09. The smallest absolute Gasteiger partial charge is 0.135 e. The number of hydrogen-bond donors (Lipinski definition) is 1. The Morgan fingerprint density at radius 2 is 1.92 bits per heavy atom. The summed E-state index contributed by atoms with van der Waals surface area (Å²) >= 11 is -2.48. The number of hydrogen-bond acceptors (Lipinski definition) is 5. The van der Waals surface area contributed by atoms with Crippen molar-refractivity contribution in [2.24, 2.45) is 0 Å². The van der Waals surface area contributed by atoms with Gasteiger partial charge in [0.25, 0.3) is 0 Å². The van der Waals surface area contributed by atoms with E-state index in [4.69, 9.17) is 4.74 Å². The van der Waals surface area contributed by atoms with Crippen molar-refractivity contribution in [2.45, 2.75) is 50.3 Å². The van der Waals surface area contributed by atoms with Gasteiger partial charge in [0.15, 0.2) is 0 Å². The summed E-state index contributed by atoms with van der Waals surface area (Å²) in [4.78, 5) is 6.98. The number of nitrogens with zero attached hydrogens (tertiary/aromatic N) is 2. The fourth-order valence-electron chi connectivity index (χ4n) is 5.59. The van der Waals surface area contributed by atoms with Crippen LogP contribution < -0.4 is 4.74 Å². The summed E-state index contributed by atoms with van der Waals surface area (Å²) in [6, 6.07) is 8.73. The van der Waals surface area contributed by atoms with Crippen LogP contribution in [0, 0.1) is 11.6 Å². The highest BCUT2D eigenvalue weighted by Crippen LogP contribution is 2.44. The Labute approximate surface area is 210 Å². The van der Waals surface area contributed by atoms with Gasteiger partial charge in [-0.3, -0.25) is 18.4 Å². The van der Waals surface area contributed by atoms with Crippen LogP contribution in [-0.2, 0) is 17.5 Å². The van der Waals surface area contributed by atoms with Crippen molar-refractivity contribution in [3.63, 3.8) is 0 Å². The molecule has 2 aliphatic rings. The monoisotopic (exact) mass is 520 g/mol. The van der Waals surface area contributed by atoms with E-state index in [1.807, 2.05) is 36.1 Å². The predicted molar refractivity (Wildman–Crippen MR) is 131 cm³/mol. The number of nitrogens with one attached hydrogen (secondary N) is 1. The maximum atomic E-state index is 15.7. The van der Waals surface area contributed by atoms with Gasteiger partial charge in [-0.2, -0.15) is 0 Å². The van der Waals surface area contributed by atoms with Crippen molar-refractivity contribution < 1.29 is 26.7 Å². The van der Waals surface area contributed by atoms with Crippen LogP contribution in [0.2, 0.25) is 0 Å². The van der Waals surface area contributed by atoms with E-state index < -0.39 is 34.1 Å². The number of rotatable bonds is 8. The molecule has 0 bridgehead atoms. The zero-order valence-electron chi connectivity index (χ0n) is 20.2. The first-order chi connectivity index (χ1) is 17.3. The van der Waals surface area contributed by atoms with Gasteiger partial charge in [-0.15, -0.1) is 0 Å². The summed E-state index contributed by atoms with van der Waals surface area (Å²) in [5.41, 5.74) is 2.16. The summed E-state index contributed by atoms with van der Waals surface area (Å²) < 4.78 is 73.4. The highest BCUT2D eigenvalue weighted by Gasteiger charge is 2.41. The molecule has 1 fully saturated rings. The zero-order chi connectivity index (χ0) is 25.6. The summed E-state index contributed by atoms with van der Waals surface area (Å²) in [5, 5.41) is -0.00691. The van der Waals surface area contributed by atoms with E-state index in [1.165, 1.54) is 19.1 Å². The van der Waals surface area contributed by atoms with Crippen molar-refractivity contribution in [1.29, 1.82) is 0 Å². The van der Waals surface area contributed by atoms with Crippen LogP contribution in [0.1, 0.15) is 43.1 Å². The van der Waals surface area contributed by atoms with Gasteiger partial charge >= 0.3 is 0 Å². The number of ether oxygens (including phenoxy) is 1. The number of aromatic nitrogens is 1. The van der Waals surface area contributed by atoms with E-state index in [0.717, 1.165) is 16.5 Å². The molecule has 5 rings (SSSR count). The second kappa shape index (κ2) is 10.2. The average molecular weight is 521 g/mol. The van der Waals surface area contributed by atoms with Crippen LogP contribution in [-0.4, -0.2) is 67.4 Å². The van der Waals surface area contributed by atoms with Gasteiger partial charge in [-0.1, -0.05) is 18.2 Å². The van der Waals surface area contributed by atoms with E-state index in [-0.39, 0.29) is 30.1 Å². The number of para-hydroxylation sites is 1. The summed E-state index contributed by atoms with van der Waals surface area (Å²) in [6.07, 6.45) is 0.773. The van der Waals surface area contributed by atoms with Crippen molar-refractivity contribution in [2.75, 3.05) is 26.3 Å². The lowest BCUT2D eigenvalue weighted by molar-refractivity contribution is 0.0180. The molecule has 3 heterocycles. The number of halogens is 3. The van der Waals surface area contributed by atoms with E-state index >= 15 is 8.78 Å². The van der Waals surface area contributed by atoms with Crippen molar-refractivity contribution >= 4 is 22.0 Å². The Morgan fingerprint density at radius 3 is 2.58 bits per heavy atom. The second-order valence-electron chi connectivity index (χ2n) is 9.67. The Kier molecular flexibility index (Phi) is 7.13. The highest BCUT2D eigenvalue weighted by atomic mass is 32.2.